The zero-order valence-corrected chi connectivity index (χ0v) is 12.7. The molecule has 0 aliphatic rings. The number of rotatable bonds is 11. The molecule has 0 atom stereocenters. The Labute approximate surface area is 125 Å². The van der Waals surface area contributed by atoms with Crippen LogP contribution in [0.15, 0.2) is 24.3 Å². The minimum absolute atomic E-state index is 0.0800. The minimum atomic E-state index is -0.0800. The molecule has 6 heteroatoms. The van der Waals surface area contributed by atoms with E-state index in [4.69, 9.17) is 14.2 Å². The van der Waals surface area contributed by atoms with Crippen LogP contribution in [0.5, 0.6) is 5.75 Å². The number of anilines is 1. The van der Waals surface area contributed by atoms with Gasteiger partial charge in [-0.05, 0) is 25.1 Å². The Bertz CT molecular complexity index is 412. The number of carbonyl (C=O) groups excluding carboxylic acids is 1. The van der Waals surface area contributed by atoms with Crippen LogP contribution >= 0.6 is 0 Å². The first-order chi connectivity index (χ1) is 10.3. The van der Waals surface area contributed by atoms with Crippen LogP contribution in [0.2, 0.25) is 0 Å². The van der Waals surface area contributed by atoms with E-state index in [2.05, 4.69) is 10.6 Å². The molecule has 1 amide bonds. The maximum atomic E-state index is 11.7. The average molecular weight is 296 g/mol. The van der Waals surface area contributed by atoms with E-state index in [1.807, 2.05) is 18.2 Å². The van der Waals surface area contributed by atoms with Crippen molar-refractivity contribution < 1.29 is 19.0 Å². The number of benzene rings is 1. The Morgan fingerprint density at radius 3 is 2.81 bits per heavy atom. The average Bonchev–Trinajstić information content (AvgIpc) is 2.50. The van der Waals surface area contributed by atoms with Crippen LogP contribution in [0, 0.1) is 0 Å². The van der Waals surface area contributed by atoms with E-state index in [-0.39, 0.29) is 12.5 Å². The predicted molar refractivity (Wildman–Crippen MR) is 81.8 cm³/mol. The zero-order valence-electron chi connectivity index (χ0n) is 12.7. The molecule has 0 aliphatic heterocycles. The van der Waals surface area contributed by atoms with Gasteiger partial charge in [-0.3, -0.25) is 4.79 Å². The van der Waals surface area contributed by atoms with Crippen molar-refractivity contribution in [2.75, 3.05) is 52.4 Å². The van der Waals surface area contributed by atoms with Gasteiger partial charge in [0.1, 0.15) is 5.75 Å². The van der Waals surface area contributed by atoms with Crippen LogP contribution in [0.4, 0.5) is 5.69 Å². The molecule has 6 nitrogen and oxygen atoms in total. The molecular formula is C15H24N2O4. The van der Waals surface area contributed by atoms with Crippen LogP contribution in [0.1, 0.15) is 6.42 Å². The summed E-state index contributed by atoms with van der Waals surface area (Å²) in [4.78, 5) is 11.7. The van der Waals surface area contributed by atoms with Gasteiger partial charge in [0.25, 0.3) is 0 Å². The lowest BCUT2D eigenvalue weighted by molar-refractivity contribution is -0.115. The van der Waals surface area contributed by atoms with Crippen molar-refractivity contribution in [1.29, 1.82) is 0 Å². The van der Waals surface area contributed by atoms with Gasteiger partial charge in [0.05, 0.1) is 26.9 Å². The normalized spacial score (nSPS) is 10.4. The first-order valence-corrected chi connectivity index (χ1v) is 6.97. The fraction of sp³-hybridized carbons (Fsp3) is 0.533. The minimum Gasteiger partial charge on any atom is -0.497 e. The largest absolute Gasteiger partial charge is 0.497 e. The van der Waals surface area contributed by atoms with Crippen LogP contribution < -0.4 is 15.4 Å². The molecule has 0 radical (unpaired) electrons. The Morgan fingerprint density at radius 2 is 2.05 bits per heavy atom. The molecule has 0 saturated heterocycles. The van der Waals surface area contributed by atoms with Gasteiger partial charge in [0.15, 0.2) is 0 Å². The Balaban J connectivity index is 2.08. The molecule has 0 bridgehead atoms. The third-order valence-electron chi connectivity index (χ3n) is 2.71. The topological polar surface area (TPSA) is 68.8 Å². The summed E-state index contributed by atoms with van der Waals surface area (Å²) < 4.78 is 15.3. The van der Waals surface area contributed by atoms with Gasteiger partial charge >= 0.3 is 0 Å². The standard InChI is InChI=1S/C15H24N2O4/c1-19-9-10-21-8-4-7-16-12-15(18)17-13-5-3-6-14(11-13)20-2/h3,5-6,11,16H,4,7-10,12H2,1-2H3,(H,17,18). The molecular weight excluding hydrogens is 272 g/mol. The van der Waals surface area contributed by atoms with Crippen molar-refractivity contribution in [3.8, 4) is 5.75 Å². The molecule has 0 spiro atoms. The van der Waals surface area contributed by atoms with Gasteiger partial charge in [0.2, 0.25) is 5.91 Å². The lowest BCUT2D eigenvalue weighted by atomic mass is 10.3. The van der Waals surface area contributed by atoms with E-state index in [0.717, 1.165) is 18.7 Å². The van der Waals surface area contributed by atoms with Crippen molar-refractivity contribution >= 4 is 11.6 Å². The van der Waals surface area contributed by atoms with Gasteiger partial charge < -0.3 is 24.8 Å². The van der Waals surface area contributed by atoms with Crippen LogP contribution in [-0.4, -0.2) is 53.0 Å². The number of amides is 1. The van der Waals surface area contributed by atoms with Crippen LogP contribution in [0.25, 0.3) is 0 Å². The Hall–Kier alpha value is -1.63. The predicted octanol–water partition coefficient (Wildman–Crippen LogP) is 1.28. The van der Waals surface area contributed by atoms with Crippen molar-refractivity contribution in [3.63, 3.8) is 0 Å². The van der Waals surface area contributed by atoms with Gasteiger partial charge in [-0.15, -0.1) is 0 Å². The van der Waals surface area contributed by atoms with Crippen molar-refractivity contribution in [2.45, 2.75) is 6.42 Å². The highest BCUT2D eigenvalue weighted by molar-refractivity contribution is 5.92. The van der Waals surface area contributed by atoms with Crippen molar-refractivity contribution in [2.24, 2.45) is 0 Å². The number of methoxy groups -OCH3 is 2. The lowest BCUT2D eigenvalue weighted by Gasteiger charge is -2.08. The highest BCUT2D eigenvalue weighted by Gasteiger charge is 2.02. The summed E-state index contributed by atoms with van der Waals surface area (Å²) in [6.07, 6.45) is 0.857. The molecule has 0 aromatic heterocycles. The Morgan fingerprint density at radius 1 is 1.19 bits per heavy atom. The molecule has 0 heterocycles. The summed E-state index contributed by atoms with van der Waals surface area (Å²) in [6, 6.07) is 7.27. The fourth-order valence-corrected chi connectivity index (χ4v) is 1.65. The molecule has 0 unspecified atom stereocenters. The van der Waals surface area contributed by atoms with Gasteiger partial charge in [0, 0.05) is 25.5 Å². The summed E-state index contributed by atoms with van der Waals surface area (Å²) in [6.45, 7) is 2.88. The molecule has 0 aliphatic carbocycles. The van der Waals surface area contributed by atoms with E-state index in [0.29, 0.717) is 25.6 Å². The second-order valence-electron chi connectivity index (χ2n) is 4.42. The number of hydrogen-bond acceptors (Lipinski definition) is 5. The van der Waals surface area contributed by atoms with Crippen LogP contribution in [-0.2, 0) is 14.3 Å². The maximum absolute atomic E-state index is 11.7. The van der Waals surface area contributed by atoms with Gasteiger partial charge in [-0.1, -0.05) is 6.07 Å². The second-order valence-corrected chi connectivity index (χ2v) is 4.42. The molecule has 0 saturated carbocycles. The SMILES string of the molecule is COCCOCCCNCC(=O)Nc1cccc(OC)c1. The van der Waals surface area contributed by atoms with Crippen molar-refractivity contribution in [1.82, 2.24) is 5.32 Å². The number of hydrogen-bond donors (Lipinski definition) is 2. The molecule has 1 rings (SSSR count). The molecule has 1 aromatic rings. The van der Waals surface area contributed by atoms with E-state index in [1.165, 1.54) is 0 Å². The molecule has 21 heavy (non-hydrogen) atoms. The third kappa shape index (κ3) is 8.29. The summed E-state index contributed by atoms with van der Waals surface area (Å²) in [5, 5.41) is 5.88. The van der Waals surface area contributed by atoms with E-state index in [1.54, 1.807) is 20.3 Å². The highest BCUT2D eigenvalue weighted by atomic mass is 16.5. The van der Waals surface area contributed by atoms with E-state index < -0.39 is 0 Å². The third-order valence-corrected chi connectivity index (χ3v) is 2.71. The summed E-state index contributed by atoms with van der Waals surface area (Å²) >= 11 is 0. The molecule has 118 valence electrons. The second kappa shape index (κ2) is 11.1. The summed E-state index contributed by atoms with van der Waals surface area (Å²) in [5.74, 6) is 0.637. The zero-order chi connectivity index (χ0) is 15.3. The molecule has 0 fully saturated rings. The van der Waals surface area contributed by atoms with Gasteiger partial charge in [-0.25, -0.2) is 0 Å². The molecule has 2 N–H and O–H groups in total. The fourth-order valence-electron chi connectivity index (χ4n) is 1.65. The summed E-state index contributed by atoms with van der Waals surface area (Å²) in [7, 11) is 3.24. The van der Waals surface area contributed by atoms with Gasteiger partial charge in [-0.2, -0.15) is 0 Å². The number of nitrogens with one attached hydrogen (secondary N) is 2. The van der Waals surface area contributed by atoms with E-state index >= 15 is 0 Å². The highest BCUT2D eigenvalue weighted by Crippen LogP contribution is 2.16. The van der Waals surface area contributed by atoms with Crippen molar-refractivity contribution in [3.05, 3.63) is 24.3 Å². The first-order valence-electron chi connectivity index (χ1n) is 6.97. The maximum Gasteiger partial charge on any atom is 0.238 e. The van der Waals surface area contributed by atoms with E-state index in [9.17, 15) is 4.79 Å². The quantitative estimate of drug-likeness (QED) is 0.602. The number of carbonyl (C=O) groups is 1. The monoisotopic (exact) mass is 296 g/mol. The summed E-state index contributed by atoms with van der Waals surface area (Å²) in [5.41, 5.74) is 0.726. The van der Waals surface area contributed by atoms with Crippen LogP contribution in [0.3, 0.4) is 0 Å². The lowest BCUT2D eigenvalue weighted by Crippen LogP contribution is -2.29. The Kier molecular flexibility index (Phi) is 9.19. The smallest absolute Gasteiger partial charge is 0.238 e. The number of ether oxygens (including phenoxy) is 3. The molecule has 1 aromatic carbocycles. The first kappa shape index (κ1) is 17.4.